The van der Waals surface area contributed by atoms with Crippen molar-refractivity contribution in [3.63, 3.8) is 0 Å². The highest BCUT2D eigenvalue weighted by Crippen LogP contribution is 2.17. The maximum atomic E-state index is 12.5. The van der Waals surface area contributed by atoms with Gasteiger partial charge in [-0.25, -0.2) is 0 Å². The molecule has 28 heavy (non-hydrogen) atoms. The average Bonchev–Trinajstić information content (AvgIpc) is 2.67. The van der Waals surface area contributed by atoms with Crippen LogP contribution in [0.2, 0.25) is 0 Å². The van der Waals surface area contributed by atoms with E-state index in [2.05, 4.69) is 38.4 Å². The highest BCUT2D eigenvalue weighted by molar-refractivity contribution is 9.10. The summed E-state index contributed by atoms with van der Waals surface area (Å²) in [6, 6.07) is 19.3. The molecule has 5 heteroatoms. The number of pyridine rings is 1. The van der Waals surface area contributed by atoms with E-state index in [0.29, 0.717) is 5.69 Å². The van der Waals surface area contributed by atoms with E-state index in [1.54, 1.807) is 12.1 Å². The molecule has 1 amide bonds. The lowest BCUT2D eigenvalue weighted by atomic mass is 10.1. The standard InChI is InChI=1S/C23H23BrN2O2/c1-15-4-3-5-18(14-15)21-13-12-20(23(28)26-21)22(27)25-16(2)6-7-17-8-10-19(24)11-9-17/h3-5,8-14,16H,6-7H2,1-2H3,(H,25,27)(H,26,28). The molecule has 0 aliphatic heterocycles. The zero-order valence-electron chi connectivity index (χ0n) is 16.0. The summed E-state index contributed by atoms with van der Waals surface area (Å²) in [6.07, 6.45) is 1.66. The van der Waals surface area contributed by atoms with Gasteiger partial charge in [-0.3, -0.25) is 9.59 Å². The Morgan fingerprint density at radius 3 is 2.54 bits per heavy atom. The zero-order valence-corrected chi connectivity index (χ0v) is 17.5. The van der Waals surface area contributed by atoms with Crippen molar-refractivity contribution >= 4 is 21.8 Å². The summed E-state index contributed by atoms with van der Waals surface area (Å²) in [5.74, 6) is -0.347. The predicted octanol–water partition coefficient (Wildman–Crippen LogP) is 4.86. The minimum Gasteiger partial charge on any atom is -0.349 e. The van der Waals surface area contributed by atoms with Gasteiger partial charge in [0.2, 0.25) is 0 Å². The van der Waals surface area contributed by atoms with Gasteiger partial charge in [0.1, 0.15) is 5.56 Å². The molecule has 1 unspecified atom stereocenters. The number of aromatic nitrogens is 1. The number of amides is 1. The molecule has 0 aliphatic carbocycles. The van der Waals surface area contributed by atoms with Gasteiger partial charge in [-0.1, -0.05) is 51.8 Å². The number of nitrogens with one attached hydrogen (secondary N) is 2. The first-order valence-electron chi connectivity index (χ1n) is 9.28. The summed E-state index contributed by atoms with van der Waals surface area (Å²) in [4.78, 5) is 27.7. The molecule has 0 spiro atoms. The van der Waals surface area contributed by atoms with E-state index in [4.69, 9.17) is 0 Å². The van der Waals surface area contributed by atoms with Gasteiger partial charge in [-0.15, -0.1) is 0 Å². The smallest absolute Gasteiger partial charge is 0.261 e. The molecule has 0 saturated heterocycles. The van der Waals surface area contributed by atoms with Crippen molar-refractivity contribution in [3.05, 3.63) is 92.2 Å². The van der Waals surface area contributed by atoms with Crippen molar-refractivity contribution in [2.75, 3.05) is 0 Å². The van der Waals surface area contributed by atoms with Crippen LogP contribution in [0.5, 0.6) is 0 Å². The number of aryl methyl sites for hydroxylation is 2. The van der Waals surface area contributed by atoms with Crippen LogP contribution in [0, 0.1) is 6.92 Å². The van der Waals surface area contributed by atoms with E-state index >= 15 is 0 Å². The van der Waals surface area contributed by atoms with E-state index in [1.807, 2.05) is 50.2 Å². The SMILES string of the molecule is Cc1cccc(-c2ccc(C(=O)NC(C)CCc3ccc(Br)cc3)c(=O)[nH]2)c1. The molecule has 0 bridgehead atoms. The molecule has 1 aromatic heterocycles. The first-order valence-corrected chi connectivity index (χ1v) is 10.1. The first-order chi connectivity index (χ1) is 13.4. The summed E-state index contributed by atoms with van der Waals surface area (Å²) >= 11 is 3.42. The fourth-order valence-electron chi connectivity index (χ4n) is 3.04. The number of aromatic amines is 1. The second-order valence-corrected chi connectivity index (χ2v) is 7.94. The molecule has 0 fully saturated rings. The minimum atomic E-state index is -0.378. The number of H-pyrrole nitrogens is 1. The van der Waals surface area contributed by atoms with Crippen LogP contribution in [0.4, 0.5) is 0 Å². The fraction of sp³-hybridized carbons (Fsp3) is 0.217. The third-order valence-corrected chi connectivity index (χ3v) is 5.17. The van der Waals surface area contributed by atoms with Gasteiger partial charge in [0, 0.05) is 16.2 Å². The van der Waals surface area contributed by atoms with Crippen LogP contribution in [-0.4, -0.2) is 16.9 Å². The number of hydrogen-bond acceptors (Lipinski definition) is 2. The molecule has 3 aromatic rings. The Morgan fingerprint density at radius 1 is 1.11 bits per heavy atom. The molecule has 0 aliphatic rings. The van der Waals surface area contributed by atoms with Crippen LogP contribution in [0.1, 0.15) is 34.8 Å². The Kier molecular flexibility index (Phi) is 6.47. The Hall–Kier alpha value is -2.66. The van der Waals surface area contributed by atoms with Gasteiger partial charge >= 0.3 is 0 Å². The largest absolute Gasteiger partial charge is 0.349 e. The summed E-state index contributed by atoms with van der Waals surface area (Å²) < 4.78 is 1.05. The lowest BCUT2D eigenvalue weighted by molar-refractivity contribution is 0.0937. The second kappa shape index (κ2) is 9.02. The van der Waals surface area contributed by atoms with Crippen molar-refractivity contribution in [1.82, 2.24) is 10.3 Å². The van der Waals surface area contributed by atoms with E-state index in [0.717, 1.165) is 28.4 Å². The number of carbonyl (C=O) groups excluding carboxylic acids is 1. The minimum absolute atomic E-state index is 0.0352. The monoisotopic (exact) mass is 438 g/mol. The predicted molar refractivity (Wildman–Crippen MR) is 117 cm³/mol. The maximum absolute atomic E-state index is 12.5. The number of halogens is 1. The van der Waals surface area contributed by atoms with Crippen molar-refractivity contribution in [3.8, 4) is 11.3 Å². The lowest BCUT2D eigenvalue weighted by Crippen LogP contribution is -2.36. The lowest BCUT2D eigenvalue weighted by Gasteiger charge is -2.14. The second-order valence-electron chi connectivity index (χ2n) is 7.02. The Bertz CT molecular complexity index is 1030. The molecule has 4 nitrogen and oxygen atoms in total. The van der Waals surface area contributed by atoms with Crippen molar-refractivity contribution in [2.45, 2.75) is 32.7 Å². The van der Waals surface area contributed by atoms with Gasteiger partial charge in [0.05, 0.1) is 0 Å². The van der Waals surface area contributed by atoms with Crippen molar-refractivity contribution < 1.29 is 4.79 Å². The van der Waals surface area contributed by atoms with Gasteiger partial charge in [-0.2, -0.15) is 0 Å². The summed E-state index contributed by atoms with van der Waals surface area (Å²) in [5.41, 5.74) is 3.70. The fourth-order valence-corrected chi connectivity index (χ4v) is 3.31. The van der Waals surface area contributed by atoms with E-state index in [9.17, 15) is 9.59 Å². The molecule has 3 rings (SSSR count). The molecule has 0 saturated carbocycles. The Morgan fingerprint density at radius 2 is 1.86 bits per heavy atom. The van der Waals surface area contributed by atoms with Gasteiger partial charge in [0.25, 0.3) is 11.5 Å². The van der Waals surface area contributed by atoms with Gasteiger partial charge < -0.3 is 10.3 Å². The zero-order chi connectivity index (χ0) is 20.1. The summed E-state index contributed by atoms with van der Waals surface area (Å²) in [5, 5.41) is 2.92. The average molecular weight is 439 g/mol. The van der Waals surface area contributed by atoms with Crippen LogP contribution in [-0.2, 0) is 6.42 Å². The summed E-state index contributed by atoms with van der Waals surface area (Å²) in [6.45, 7) is 3.95. The van der Waals surface area contributed by atoms with E-state index in [-0.39, 0.29) is 23.1 Å². The van der Waals surface area contributed by atoms with Crippen molar-refractivity contribution in [2.24, 2.45) is 0 Å². The molecule has 1 atom stereocenters. The third kappa shape index (κ3) is 5.20. The highest BCUT2D eigenvalue weighted by Gasteiger charge is 2.14. The molecule has 1 heterocycles. The molecule has 144 valence electrons. The quantitative estimate of drug-likeness (QED) is 0.576. The molecular formula is C23H23BrN2O2. The van der Waals surface area contributed by atoms with Crippen LogP contribution >= 0.6 is 15.9 Å². The molecule has 2 aromatic carbocycles. The number of carbonyl (C=O) groups is 1. The topological polar surface area (TPSA) is 62.0 Å². The third-order valence-electron chi connectivity index (χ3n) is 4.64. The van der Waals surface area contributed by atoms with Crippen molar-refractivity contribution in [1.29, 1.82) is 0 Å². The first kappa shape index (κ1) is 20.1. The molecule has 2 N–H and O–H groups in total. The number of rotatable bonds is 6. The van der Waals surface area contributed by atoms with Crippen LogP contribution in [0.3, 0.4) is 0 Å². The summed E-state index contributed by atoms with van der Waals surface area (Å²) in [7, 11) is 0. The van der Waals surface area contributed by atoms with E-state index in [1.165, 1.54) is 5.56 Å². The van der Waals surface area contributed by atoms with E-state index < -0.39 is 0 Å². The normalized spacial score (nSPS) is 11.8. The Balaban J connectivity index is 1.63. The van der Waals surface area contributed by atoms with Gasteiger partial charge in [-0.05, 0) is 68.1 Å². The molecular weight excluding hydrogens is 416 g/mol. The van der Waals surface area contributed by atoms with Gasteiger partial charge in [0.15, 0.2) is 0 Å². The van der Waals surface area contributed by atoms with Crippen LogP contribution < -0.4 is 10.9 Å². The highest BCUT2D eigenvalue weighted by atomic mass is 79.9. The van der Waals surface area contributed by atoms with Crippen LogP contribution in [0.25, 0.3) is 11.3 Å². The number of hydrogen-bond donors (Lipinski definition) is 2. The maximum Gasteiger partial charge on any atom is 0.261 e. The van der Waals surface area contributed by atoms with Crippen LogP contribution in [0.15, 0.2) is 69.9 Å². The number of benzene rings is 2. The Labute approximate surface area is 173 Å². The molecule has 0 radical (unpaired) electrons.